The molecule has 0 N–H and O–H groups in total. The lowest BCUT2D eigenvalue weighted by molar-refractivity contribution is -0.152. The Kier molecular flexibility index (Phi) is 6.02. The van der Waals surface area contributed by atoms with Gasteiger partial charge in [-0.15, -0.1) is 0 Å². The molecule has 29 heavy (non-hydrogen) atoms. The summed E-state index contributed by atoms with van der Waals surface area (Å²) in [6.07, 6.45) is 6.37. The molecule has 0 radical (unpaired) electrons. The number of hydrogen-bond donors (Lipinski definition) is 0. The Morgan fingerprint density at radius 1 is 1.31 bits per heavy atom. The van der Waals surface area contributed by atoms with Crippen molar-refractivity contribution in [3.63, 3.8) is 0 Å². The van der Waals surface area contributed by atoms with Gasteiger partial charge in [0, 0.05) is 0 Å². The summed E-state index contributed by atoms with van der Waals surface area (Å²) in [4.78, 5) is 26.1. The van der Waals surface area contributed by atoms with Crippen molar-refractivity contribution in [2.24, 2.45) is 11.3 Å². The van der Waals surface area contributed by atoms with Gasteiger partial charge in [0.15, 0.2) is 11.7 Å². The number of allylic oxidation sites excluding steroid dienone is 2. The van der Waals surface area contributed by atoms with Crippen molar-refractivity contribution in [1.29, 1.82) is 0 Å². The monoisotopic (exact) mass is 396 g/mol. The van der Waals surface area contributed by atoms with E-state index >= 15 is 0 Å². The van der Waals surface area contributed by atoms with Gasteiger partial charge in [-0.1, -0.05) is 49.8 Å². The van der Waals surface area contributed by atoms with Crippen molar-refractivity contribution in [3.8, 4) is 5.75 Å². The molecule has 0 saturated carbocycles. The van der Waals surface area contributed by atoms with Crippen molar-refractivity contribution in [2.75, 3.05) is 6.61 Å². The Morgan fingerprint density at radius 3 is 2.72 bits per heavy atom. The molecule has 1 aliphatic carbocycles. The van der Waals surface area contributed by atoms with E-state index in [-0.39, 0.29) is 17.8 Å². The number of esters is 1. The number of Topliss-reactive ketones (excluding diaryl/α,β-unsaturated/α-hetero) is 1. The number of para-hydroxylation sites is 1. The van der Waals surface area contributed by atoms with Crippen LogP contribution in [0.2, 0.25) is 0 Å². The van der Waals surface area contributed by atoms with Gasteiger partial charge in [0.1, 0.15) is 18.0 Å². The molecule has 4 nitrogen and oxygen atoms in total. The molecule has 1 aromatic rings. The number of carbonyl (C=O) groups excluding carboxylic acids is 2. The van der Waals surface area contributed by atoms with Crippen molar-refractivity contribution < 1.29 is 19.1 Å². The number of fused-ring (bicyclic) bond motifs is 1. The maximum atomic E-state index is 13.3. The summed E-state index contributed by atoms with van der Waals surface area (Å²) in [5, 5.41) is 0. The van der Waals surface area contributed by atoms with Crippen molar-refractivity contribution in [3.05, 3.63) is 53.6 Å². The van der Waals surface area contributed by atoms with Crippen LogP contribution in [0.15, 0.2) is 48.1 Å². The quantitative estimate of drug-likeness (QED) is 0.353. The number of ketones is 1. The molecule has 1 heterocycles. The van der Waals surface area contributed by atoms with E-state index in [2.05, 4.69) is 27.4 Å². The standard InChI is InChI=1S/C25H32O4/c1-6-16-28-23(27)21-22(26)18-11-7-8-12-20(18)29-25(21,5)15-13-19-17(2)10-9-14-24(19,3)4/h6-8,11-12,21H,1,9-10,13-16H2,2-5H3. The highest BCUT2D eigenvalue weighted by atomic mass is 16.5. The number of carbonyl (C=O) groups is 2. The molecule has 0 aromatic heterocycles. The van der Waals surface area contributed by atoms with Gasteiger partial charge >= 0.3 is 5.97 Å². The Balaban J connectivity index is 1.93. The highest BCUT2D eigenvalue weighted by molar-refractivity contribution is 6.12. The summed E-state index contributed by atoms with van der Waals surface area (Å²) in [7, 11) is 0. The first kappa shape index (κ1) is 21.4. The highest BCUT2D eigenvalue weighted by Crippen LogP contribution is 2.46. The molecule has 2 aliphatic rings. The molecule has 4 heteroatoms. The Hall–Kier alpha value is -2.36. The molecule has 0 spiro atoms. The average Bonchev–Trinajstić information content (AvgIpc) is 2.65. The molecule has 0 fully saturated rings. The van der Waals surface area contributed by atoms with Gasteiger partial charge in [0.05, 0.1) is 5.56 Å². The van der Waals surface area contributed by atoms with E-state index < -0.39 is 17.5 Å². The van der Waals surface area contributed by atoms with E-state index in [9.17, 15) is 9.59 Å². The lowest BCUT2D eigenvalue weighted by Gasteiger charge is -2.42. The summed E-state index contributed by atoms with van der Waals surface area (Å²) < 4.78 is 11.6. The highest BCUT2D eigenvalue weighted by Gasteiger charge is 2.51. The van der Waals surface area contributed by atoms with E-state index in [1.54, 1.807) is 18.2 Å². The van der Waals surface area contributed by atoms with Crippen LogP contribution in [0.25, 0.3) is 0 Å². The fourth-order valence-electron chi connectivity index (χ4n) is 4.88. The van der Waals surface area contributed by atoms with Crippen LogP contribution in [-0.2, 0) is 9.53 Å². The molecular formula is C25H32O4. The fraction of sp³-hybridized carbons (Fsp3) is 0.520. The number of rotatable bonds is 6. The zero-order chi connectivity index (χ0) is 21.2. The summed E-state index contributed by atoms with van der Waals surface area (Å²) in [5.41, 5.74) is 2.48. The van der Waals surface area contributed by atoms with Crippen LogP contribution in [0.1, 0.15) is 70.2 Å². The SMILES string of the molecule is C=CCOC(=O)C1C(=O)c2ccccc2OC1(C)CCC1=C(C)CCCC1(C)C. The number of ether oxygens (including phenoxy) is 2. The van der Waals surface area contributed by atoms with Crippen molar-refractivity contribution >= 4 is 11.8 Å². The lowest BCUT2D eigenvalue weighted by Crippen LogP contribution is -2.52. The third-order valence-electron chi connectivity index (χ3n) is 6.50. The number of benzene rings is 1. The lowest BCUT2D eigenvalue weighted by atomic mass is 9.69. The van der Waals surface area contributed by atoms with Crippen LogP contribution in [0, 0.1) is 11.3 Å². The smallest absolute Gasteiger partial charge is 0.321 e. The third-order valence-corrected chi connectivity index (χ3v) is 6.50. The largest absolute Gasteiger partial charge is 0.485 e. The van der Waals surface area contributed by atoms with Crippen molar-refractivity contribution in [1.82, 2.24) is 0 Å². The van der Waals surface area contributed by atoms with E-state index in [1.165, 1.54) is 23.6 Å². The molecule has 0 saturated heterocycles. The predicted molar refractivity (Wildman–Crippen MR) is 114 cm³/mol. The Labute approximate surface area is 174 Å². The van der Waals surface area contributed by atoms with Crippen molar-refractivity contribution in [2.45, 2.75) is 65.4 Å². The van der Waals surface area contributed by atoms with Crippen LogP contribution in [0.5, 0.6) is 5.75 Å². The minimum absolute atomic E-state index is 0.0810. The zero-order valence-electron chi connectivity index (χ0n) is 18.0. The first-order chi connectivity index (χ1) is 13.7. The second-order valence-electron chi connectivity index (χ2n) is 9.12. The van der Waals surface area contributed by atoms with Crippen LogP contribution in [0.3, 0.4) is 0 Å². The molecule has 2 atom stereocenters. The second kappa shape index (κ2) is 8.17. The fourth-order valence-corrected chi connectivity index (χ4v) is 4.88. The first-order valence-electron chi connectivity index (χ1n) is 10.5. The zero-order valence-corrected chi connectivity index (χ0v) is 18.0. The van der Waals surface area contributed by atoms with Gasteiger partial charge in [-0.3, -0.25) is 9.59 Å². The van der Waals surface area contributed by atoms with Gasteiger partial charge in [0.25, 0.3) is 0 Å². The summed E-state index contributed by atoms with van der Waals surface area (Å²) in [6, 6.07) is 7.14. The first-order valence-corrected chi connectivity index (χ1v) is 10.5. The van der Waals surface area contributed by atoms with E-state index in [1.807, 2.05) is 13.0 Å². The van der Waals surface area contributed by atoms with Crippen LogP contribution < -0.4 is 4.74 Å². The van der Waals surface area contributed by atoms with Crippen LogP contribution in [-0.4, -0.2) is 24.0 Å². The van der Waals surface area contributed by atoms with E-state index in [0.29, 0.717) is 17.7 Å². The molecule has 0 amide bonds. The minimum atomic E-state index is -0.982. The average molecular weight is 397 g/mol. The third kappa shape index (κ3) is 4.17. The van der Waals surface area contributed by atoms with Gasteiger partial charge in [0.2, 0.25) is 0 Å². The summed E-state index contributed by atoms with van der Waals surface area (Å²) in [5.74, 6) is -1.20. The molecule has 2 unspecified atom stereocenters. The van der Waals surface area contributed by atoms with Gasteiger partial charge < -0.3 is 9.47 Å². The molecule has 0 bridgehead atoms. The second-order valence-corrected chi connectivity index (χ2v) is 9.12. The molecular weight excluding hydrogens is 364 g/mol. The van der Waals surface area contributed by atoms with Crippen LogP contribution >= 0.6 is 0 Å². The maximum absolute atomic E-state index is 13.3. The van der Waals surface area contributed by atoms with E-state index in [0.717, 1.165) is 19.3 Å². The normalized spacial score (nSPS) is 25.8. The predicted octanol–water partition coefficient (Wildman–Crippen LogP) is 5.67. The van der Waals surface area contributed by atoms with Crippen LogP contribution in [0.4, 0.5) is 0 Å². The maximum Gasteiger partial charge on any atom is 0.321 e. The summed E-state index contributed by atoms with van der Waals surface area (Å²) >= 11 is 0. The van der Waals surface area contributed by atoms with Gasteiger partial charge in [-0.2, -0.15) is 0 Å². The van der Waals surface area contributed by atoms with Gasteiger partial charge in [-0.05, 0) is 63.5 Å². The topological polar surface area (TPSA) is 52.6 Å². The summed E-state index contributed by atoms with van der Waals surface area (Å²) in [6.45, 7) is 12.3. The molecule has 1 aromatic carbocycles. The molecule has 3 rings (SSSR count). The number of hydrogen-bond acceptors (Lipinski definition) is 4. The Bertz CT molecular complexity index is 848. The minimum Gasteiger partial charge on any atom is -0.485 e. The van der Waals surface area contributed by atoms with E-state index in [4.69, 9.17) is 9.47 Å². The Morgan fingerprint density at radius 2 is 2.03 bits per heavy atom. The molecule has 156 valence electrons. The molecule has 1 aliphatic heterocycles. The van der Waals surface area contributed by atoms with Gasteiger partial charge in [-0.25, -0.2) is 0 Å².